The van der Waals surface area contributed by atoms with Crippen LogP contribution in [0.2, 0.25) is 0 Å². The van der Waals surface area contributed by atoms with Gasteiger partial charge < -0.3 is 4.52 Å². The van der Waals surface area contributed by atoms with Crippen LogP contribution in [0.25, 0.3) is 0 Å². The second-order valence-corrected chi connectivity index (χ2v) is 4.90. The quantitative estimate of drug-likeness (QED) is 0.796. The topological polar surface area (TPSA) is 101 Å². The molecule has 0 saturated carbocycles. The lowest BCUT2D eigenvalue weighted by Crippen LogP contribution is -2.23. The van der Waals surface area contributed by atoms with Gasteiger partial charge in [0.15, 0.2) is 5.76 Å². The average Bonchev–Trinajstić information content (AvgIpc) is 2.85. The summed E-state index contributed by atoms with van der Waals surface area (Å²) in [5.41, 5.74) is 0.491. The van der Waals surface area contributed by atoms with Gasteiger partial charge in [-0.2, -0.15) is 5.10 Å². The highest BCUT2D eigenvalue weighted by atomic mass is 32.2. The van der Waals surface area contributed by atoms with Gasteiger partial charge in [-0.3, -0.25) is 5.10 Å². The SMILES string of the molecule is Cc1[nH]ncc1S(=O)(=O)NCc1ccno1. The largest absolute Gasteiger partial charge is 0.360 e. The number of hydrogen-bond donors (Lipinski definition) is 2. The van der Waals surface area contributed by atoms with Crippen LogP contribution in [0, 0.1) is 6.92 Å². The second-order valence-electron chi connectivity index (χ2n) is 3.16. The Kier molecular flexibility index (Phi) is 2.75. The normalized spacial score (nSPS) is 11.8. The number of hydrogen-bond acceptors (Lipinski definition) is 5. The van der Waals surface area contributed by atoms with Crippen molar-refractivity contribution in [1.29, 1.82) is 0 Å². The second kappa shape index (κ2) is 4.06. The predicted molar refractivity (Wildman–Crippen MR) is 53.9 cm³/mol. The van der Waals surface area contributed by atoms with Crippen molar-refractivity contribution in [2.75, 3.05) is 0 Å². The van der Waals surface area contributed by atoms with E-state index in [-0.39, 0.29) is 11.4 Å². The van der Waals surface area contributed by atoms with Crippen molar-refractivity contribution < 1.29 is 12.9 Å². The maximum absolute atomic E-state index is 11.8. The standard InChI is InChI=1S/C8H10N4O3S/c1-6-8(5-9-12-6)16(13,14)11-4-7-2-3-10-15-7/h2-3,5,11H,4H2,1H3,(H,9,12). The van der Waals surface area contributed by atoms with Gasteiger partial charge in [-0.1, -0.05) is 5.16 Å². The molecule has 0 aromatic carbocycles. The highest BCUT2D eigenvalue weighted by Crippen LogP contribution is 2.11. The lowest BCUT2D eigenvalue weighted by atomic mass is 10.5. The molecule has 0 saturated heterocycles. The summed E-state index contributed by atoms with van der Waals surface area (Å²) < 4.78 is 30.7. The zero-order valence-electron chi connectivity index (χ0n) is 8.47. The van der Waals surface area contributed by atoms with Crippen LogP contribution in [0.1, 0.15) is 11.5 Å². The van der Waals surface area contributed by atoms with E-state index in [0.29, 0.717) is 11.5 Å². The summed E-state index contributed by atoms with van der Waals surface area (Å²) in [4.78, 5) is 0.131. The lowest BCUT2D eigenvalue weighted by molar-refractivity contribution is 0.380. The average molecular weight is 242 g/mol. The third kappa shape index (κ3) is 2.12. The third-order valence-corrected chi connectivity index (χ3v) is 3.52. The summed E-state index contributed by atoms with van der Waals surface area (Å²) in [7, 11) is -3.56. The number of rotatable bonds is 4. The van der Waals surface area contributed by atoms with Crippen LogP contribution >= 0.6 is 0 Å². The molecule has 0 amide bonds. The van der Waals surface area contributed by atoms with E-state index in [1.165, 1.54) is 12.4 Å². The van der Waals surface area contributed by atoms with Gasteiger partial charge in [0.2, 0.25) is 10.0 Å². The molecule has 0 atom stereocenters. The van der Waals surface area contributed by atoms with E-state index in [1.54, 1.807) is 13.0 Å². The zero-order chi connectivity index (χ0) is 11.6. The van der Waals surface area contributed by atoms with Crippen molar-refractivity contribution >= 4 is 10.0 Å². The van der Waals surface area contributed by atoms with Crippen molar-refractivity contribution in [3.63, 3.8) is 0 Å². The number of nitrogens with zero attached hydrogens (tertiary/aromatic N) is 2. The molecule has 0 aliphatic heterocycles. The fourth-order valence-corrected chi connectivity index (χ4v) is 2.32. The van der Waals surface area contributed by atoms with Gasteiger partial charge in [0.1, 0.15) is 4.90 Å². The predicted octanol–water partition coefficient (Wildman–Crippen LogP) is 0.185. The molecule has 0 unspecified atom stereocenters. The molecule has 2 heterocycles. The molecule has 0 fully saturated rings. The van der Waals surface area contributed by atoms with Gasteiger partial charge in [-0.25, -0.2) is 13.1 Å². The Morgan fingerprint density at radius 3 is 2.94 bits per heavy atom. The number of sulfonamides is 1. The molecule has 0 bridgehead atoms. The van der Waals surface area contributed by atoms with Crippen molar-refractivity contribution in [2.45, 2.75) is 18.4 Å². The highest BCUT2D eigenvalue weighted by Gasteiger charge is 2.18. The molecular weight excluding hydrogens is 232 g/mol. The number of H-pyrrole nitrogens is 1. The fourth-order valence-electron chi connectivity index (χ4n) is 1.19. The van der Waals surface area contributed by atoms with E-state index in [9.17, 15) is 8.42 Å². The molecule has 16 heavy (non-hydrogen) atoms. The van der Waals surface area contributed by atoms with Gasteiger partial charge in [-0.15, -0.1) is 0 Å². The third-order valence-electron chi connectivity index (χ3n) is 2.00. The smallest absolute Gasteiger partial charge is 0.244 e. The van der Waals surface area contributed by atoms with Crippen molar-refractivity contribution in [1.82, 2.24) is 20.1 Å². The van der Waals surface area contributed by atoms with Crippen LogP contribution in [0.15, 0.2) is 27.9 Å². The summed E-state index contributed by atoms with van der Waals surface area (Å²) in [5, 5.41) is 9.69. The molecule has 0 radical (unpaired) electrons. The first-order valence-electron chi connectivity index (χ1n) is 4.49. The minimum Gasteiger partial charge on any atom is -0.360 e. The fraction of sp³-hybridized carbons (Fsp3) is 0.250. The van der Waals surface area contributed by atoms with E-state index in [1.807, 2.05) is 0 Å². The van der Waals surface area contributed by atoms with Crippen LogP contribution in [-0.4, -0.2) is 23.8 Å². The van der Waals surface area contributed by atoms with Crippen molar-refractivity contribution in [2.24, 2.45) is 0 Å². The van der Waals surface area contributed by atoms with Gasteiger partial charge >= 0.3 is 0 Å². The lowest BCUT2D eigenvalue weighted by Gasteiger charge is -2.02. The molecule has 8 heteroatoms. The molecule has 7 nitrogen and oxygen atoms in total. The Morgan fingerprint density at radius 1 is 1.56 bits per heavy atom. The minimum absolute atomic E-state index is 0.0625. The van der Waals surface area contributed by atoms with Crippen LogP contribution in [0.5, 0.6) is 0 Å². The van der Waals surface area contributed by atoms with Crippen LogP contribution < -0.4 is 4.72 Å². The van der Waals surface area contributed by atoms with Gasteiger partial charge in [0.25, 0.3) is 0 Å². The number of nitrogens with one attached hydrogen (secondary N) is 2. The van der Waals surface area contributed by atoms with Crippen LogP contribution in [-0.2, 0) is 16.6 Å². The summed E-state index contributed by atoms with van der Waals surface area (Å²) >= 11 is 0. The van der Waals surface area contributed by atoms with Crippen LogP contribution in [0.3, 0.4) is 0 Å². The van der Waals surface area contributed by atoms with Gasteiger partial charge in [0.05, 0.1) is 24.6 Å². The van der Waals surface area contributed by atoms with E-state index in [4.69, 9.17) is 4.52 Å². The van der Waals surface area contributed by atoms with Crippen molar-refractivity contribution in [3.05, 3.63) is 29.9 Å². The molecule has 2 aromatic rings. The Morgan fingerprint density at radius 2 is 2.38 bits per heavy atom. The number of aryl methyl sites for hydroxylation is 1. The van der Waals surface area contributed by atoms with Gasteiger partial charge in [0, 0.05) is 6.07 Å². The Balaban J connectivity index is 2.13. The van der Waals surface area contributed by atoms with Crippen molar-refractivity contribution in [3.8, 4) is 0 Å². The van der Waals surface area contributed by atoms with E-state index < -0.39 is 10.0 Å². The number of aromatic amines is 1. The maximum Gasteiger partial charge on any atom is 0.244 e. The van der Waals surface area contributed by atoms with Crippen LogP contribution in [0.4, 0.5) is 0 Å². The molecule has 0 spiro atoms. The number of aromatic nitrogens is 3. The van der Waals surface area contributed by atoms with Gasteiger partial charge in [-0.05, 0) is 6.92 Å². The molecule has 0 aliphatic rings. The molecule has 86 valence electrons. The minimum atomic E-state index is -3.56. The highest BCUT2D eigenvalue weighted by molar-refractivity contribution is 7.89. The Labute approximate surface area is 91.9 Å². The first-order chi connectivity index (χ1) is 7.59. The summed E-state index contributed by atoms with van der Waals surface area (Å²) in [5.74, 6) is 0.449. The molecule has 2 rings (SSSR count). The van der Waals surface area contributed by atoms with E-state index in [0.717, 1.165) is 0 Å². The summed E-state index contributed by atoms with van der Waals surface area (Å²) in [6, 6.07) is 1.59. The first kappa shape index (κ1) is 10.8. The molecule has 0 aliphatic carbocycles. The summed E-state index contributed by atoms with van der Waals surface area (Å²) in [6.07, 6.45) is 2.71. The Hall–Kier alpha value is -1.67. The molecule has 2 aromatic heterocycles. The van der Waals surface area contributed by atoms with E-state index >= 15 is 0 Å². The summed E-state index contributed by atoms with van der Waals surface area (Å²) in [6.45, 7) is 1.70. The van der Waals surface area contributed by atoms with E-state index in [2.05, 4.69) is 20.1 Å². The monoisotopic (exact) mass is 242 g/mol. The Bertz CT molecular complexity index is 558. The maximum atomic E-state index is 11.8. The molecular formula is C8H10N4O3S. The zero-order valence-corrected chi connectivity index (χ0v) is 9.28. The first-order valence-corrected chi connectivity index (χ1v) is 5.97. The molecule has 2 N–H and O–H groups in total.